The van der Waals surface area contributed by atoms with E-state index in [0.717, 1.165) is 5.76 Å². The van der Waals surface area contributed by atoms with E-state index in [4.69, 9.17) is 9.15 Å². The van der Waals surface area contributed by atoms with Crippen molar-refractivity contribution in [3.8, 4) is 0 Å². The summed E-state index contributed by atoms with van der Waals surface area (Å²) >= 11 is 3.23. The fourth-order valence-electron chi connectivity index (χ4n) is 1.35. The lowest BCUT2D eigenvalue weighted by atomic mass is 10.2. The molecule has 0 saturated heterocycles. The first-order valence-electron chi connectivity index (χ1n) is 5.22. The first-order chi connectivity index (χ1) is 7.54. The molecule has 2 atom stereocenters. The quantitative estimate of drug-likeness (QED) is 0.847. The maximum atomic E-state index is 11.4. The molecule has 5 heteroatoms. The highest BCUT2D eigenvalue weighted by Gasteiger charge is 2.18. The Kier molecular flexibility index (Phi) is 5.02. The molecule has 0 aromatic carbocycles. The molecule has 1 N–H and O–H groups in total. The van der Waals surface area contributed by atoms with Gasteiger partial charge in [-0.2, -0.15) is 0 Å². The van der Waals surface area contributed by atoms with E-state index in [0.29, 0.717) is 11.3 Å². The first-order valence-corrected chi connectivity index (χ1v) is 6.01. The van der Waals surface area contributed by atoms with Crippen LogP contribution in [0.4, 0.5) is 0 Å². The second-order valence-electron chi connectivity index (χ2n) is 3.50. The number of hydrogen-bond acceptors (Lipinski definition) is 4. The van der Waals surface area contributed by atoms with Crippen molar-refractivity contribution in [2.75, 3.05) is 6.61 Å². The van der Waals surface area contributed by atoms with Crippen molar-refractivity contribution in [2.24, 2.45) is 0 Å². The molecule has 1 rings (SSSR count). The minimum atomic E-state index is -0.348. The third-order valence-electron chi connectivity index (χ3n) is 2.16. The fourth-order valence-corrected chi connectivity index (χ4v) is 1.67. The number of rotatable bonds is 5. The standard InChI is InChI=1S/C11H16BrNO3/c1-4-15-11(14)8(3)13-7(2)9-5-6-10(12)16-9/h5-8,13H,4H2,1-3H3. The SMILES string of the molecule is CCOC(=O)C(C)NC(C)c1ccc(Br)o1. The fraction of sp³-hybridized carbons (Fsp3) is 0.545. The van der Waals surface area contributed by atoms with Crippen LogP contribution in [0.25, 0.3) is 0 Å². The van der Waals surface area contributed by atoms with Gasteiger partial charge in [-0.25, -0.2) is 0 Å². The zero-order valence-electron chi connectivity index (χ0n) is 9.62. The zero-order valence-corrected chi connectivity index (χ0v) is 11.2. The van der Waals surface area contributed by atoms with E-state index in [2.05, 4.69) is 21.2 Å². The van der Waals surface area contributed by atoms with Gasteiger partial charge < -0.3 is 9.15 Å². The summed E-state index contributed by atoms with van der Waals surface area (Å²) in [5.41, 5.74) is 0. The van der Waals surface area contributed by atoms with Crippen LogP contribution < -0.4 is 5.32 Å². The summed E-state index contributed by atoms with van der Waals surface area (Å²) in [5.74, 6) is 0.531. The number of carbonyl (C=O) groups is 1. The van der Waals surface area contributed by atoms with Crippen LogP contribution in [0.5, 0.6) is 0 Å². The van der Waals surface area contributed by atoms with Gasteiger partial charge >= 0.3 is 5.97 Å². The second-order valence-corrected chi connectivity index (χ2v) is 4.29. The third-order valence-corrected chi connectivity index (χ3v) is 2.59. The highest BCUT2D eigenvalue weighted by molar-refractivity contribution is 9.10. The summed E-state index contributed by atoms with van der Waals surface area (Å²) < 4.78 is 11.0. The highest BCUT2D eigenvalue weighted by atomic mass is 79.9. The van der Waals surface area contributed by atoms with Gasteiger partial charge in [0.2, 0.25) is 0 Å². The van der Waals surface area contributed by atoms with Gasteiger partial charge in [-0.05, 0) is 48.8 Å². The van der Waals surface area contributed by atoms with Crippen molar-refractivity contribution >= 4 is 21.9 Å². The molecule has 90 valence electrons. The van der Waals surface area contributed by atoms with E-state index in [1.54, 1.807) is 13.8 Å². The van der Waals surface area contributed by atoms with Crippen LogP contribution >= 0.6 is 15.9 Å². The smallest absolute Gasteiger partial charge is 0.322 e. The van der Waals surface area contributed by atoms with E-state index in [1.165, 1.54) is 0 Å². The average molecular weight is 290 g/mol. The Morgan fingerprint density at radius 1 is 1.56 bits per heavy atom. The highest BCUT2D eigenvalue weighted by Crippen LogP contribution is 2.20. The number of furan rings is 1. The third kappa shape index (κ3) is 3.64. The molecule has 0 bridgehead atoms. The average Bonchev–Trinajstić information content (AvgIpc) is 2.65. The van der Waals surface area contributed by atoms with Crippen molar-refractivity contribution in [1.82, 2.24) is 5.32 Å². The maximum Gasteiger partial charge on any atom is 0.322 e. The van der Waals surface area contributed by atoms with Crippen LogP contribution in [0.2, 0.25) is 0 Å². The summed E-state index contributed by atoms with van der Waals surface area (Å²) in [6.07, 6.45) is 0. The Labute approximate surface area is 103 Å². The van der Waals surface area contributed by atoms with Gasteiger partial charge in [0.05, 0.1) is 12.6 Å². The first kappa shape index (κ1) is 13.3. The molecular weight excluding hydrogens is 274 g/mol. The molecule has 0 fully saturated rings. The minimum absolute atomic E-state index is 0.0364. The van der Waals surface area contributed by atoms with Crippen LogP contribution in [0.1, 0.15) is 32.6 Å². The number of ether oxygens (including phenoxy) is 1. The predicted octanol–water partition coefficient (Wildman–Crippen LogP) is 2.64. The Morgan fingerprint density at radius 2 is 2.25 bits per heavy atom. The van der Waals surface area contributed by atoms with Crippen LogP contribution in [0, 0.1) is 0 Å². The topological polar surface area (TPSA) is 51.5 Å². The molecule has 1 heterocycles. The lowest BCUT2D eigenvalue weighted by molar-refractivity contribution is -0.145. The Balaban J connectivity index is 2.51. The van der Waals surface area contributed by atoms with Crippen molar-refractivity contribution in [3.63, 3.8) is 0 Å². The summed E-state index contributed by atoms with van der Waals surface area (Å²) in [7, 11) is 0. The van der Waals surface area contributed by atoms with E-state index >= 15 is 0 Å². The molecule has 1 aromatic rings. The van der Waals surface area contributed by atoms with Gasteiger partial charge in [-0.3, -0.25) is 10.1 Å². The number of carbonyl (C=O) groups excluding carboxylic acids is 1. The monoisotopic (exact) mass is 289 g/mol. The number of hydrogen-bond donors (Lipinski definition) is 1. The van der Waals surface area contributed by atoms with Gasteiger partial charge in [0.25, 0.3) is 0 Å². The van der Waals surface area contributed by atoms with Crippen molar-refractivity contribution in [1.29, 1.82) is 0 Å². The minimum Gasteiger partial charge on any atom is -0.465 e. The molecule has 0 radical (unpaired) electrons. The molecule has 0 saturated carbocycles. The normalized spacial score (nSPS) is 14.5. The summed E-state index contributed by atoms with van der Waals surface area (Å²) in [4.78, 5) is 11.4. The largest absolute Gasteiger partial charge is 0.465 e. The molecule has 1 aromatic heterocycles. The lowest BCUT2D eigenvalue weighted by Crippen LogP contribution is -2.36. The van der Waals surface area contributed by atoms with Gasteiger partial charge in [0.15, 0.2) is 4.67 Å². The zero-order chi connectivity index (χ0) is 12.1. The number of halogens is 1. The van der Waals surface area contributed by atoms with E-state index in [9.17, 15) is 4.79 Å². The Bertz CT molecular complexity index is 351. The van der Waals surface area contributed by atoms with Gasteiger partial charge in [0.1, 0.15) is 11.8 Å². The predicted molar refractivity (Wildman–Crippen MR) is 64.1 cm³/mol. The maximum absolute atomic E-state index is 11.4. The molecule has 16 heavy (non-hydrogen) atoms. The molecule has 2 unspecified atom stereocenters. The lowest BCUT2D eigenvalue weighted by Gasteiger charge is -2.16. The second kappa shape index (κ2) is 6.06. The van der Waals surface area contributed by atoms with Crippen LogP contribution in [-0.4, -0.2) is 18.6 Å². The number of nitrogens with one attached hydrogen (secondary N) is 1. The van der Waals surface area contributed by atoms with Crippen molar-refractivity contribution in [2.45, 2.75) is 32.9 Å². The Morgan fingerprint density at radius 3 is 2.75 bits per heavy atom. The van der Waals surface area contributed by atoms with E-state index in [1.807, 2.05) is 19.1 Å². The van der Waals surface area contributed by atoms with Crippen molar-refractivity contribution in [3.05, 3.63) is 22.6 Å². The van der Waals surface area contributed by atoms with Crippen LogP contribution in [-0.2, 0) is 9.53 Å². The molecule has 0 amide bonds. The molecule has 0 aliphatic carbocycles. The van der Waals surface area contributed by atoms with Crippen molar-refractivity contribution < 1.29 is 13.9 Å². The van der Waals surface area contributed by atoms with Crippen LogP contribution in [0.15, 0.2) is 21.2 Å². The van der Waals surface area contributed by atoms with E-state index < -0.39 is 0 Å². The molecule has 0 aliphatic heterocycles. The van der Waals surface area contributed by atoms with Gasteiger partial charge in [-0.1, -0.05) is 0 Å². The Hall–Kier alpha value is -0.810. The molecule has 0 spiro atoms. The van der Waals surface area contributed by atoms with E-state index in [-0.39, 0.29) is 18.1 Å². The van der Waals surface area contributed by atoms with Gasteiger partial charge in [-0.15, -0.1) is 0 Å². The molecule has 0 aliphatic rings. The molecule has 4 nitrogen and oxygen atoms in total. The summed E-state index contributed by atoms with van der Waals surface area (Å²) in [5, 5.41) is 3.10. The van der Waals surface area contributed by atoms with Crippen LogP contribution in [0.3, 0.4) is 0 Å². The van der Waals surface area contributed by atoms with Gasteiger partial charge in [0, 0.05) is 0 Å². The molecular formula is C11H16BrNO3. The number of esters is 1. The summed E-state index contributed by atoms with van der Waals surface area (Å²) in [6, 6.07) is 3.30. The summed E-state index contributed by atoms with van der Waals surface area (Å²) in [6.45, 7) is 5.89.